The van der Waals surface area contributed by atoms with Crippen molar-refractivity contribution >= 4 is 5.69 Å². The van der Waals surface area contributed by atoms with Gasteiger partial charge in [0.15, 0.2) is 0 Å². The van der Waals surface area contributed by atoms with Crippen LogP contribution in [-0.4, -0.2) is 19.3 Å². The van der Waals surface area contributed by atoms with Gasteiger partial charge in [-0.2, -0.15) is 0 Å². The van der Waals surface area contributed by atoms with Crippen LogP contribution in [0.15, 0.2) is 35.5 Å². The molecule has 0 saturated heterocycles. The quantitative estimate of drug-likeness (QED) is 0.735. The Morgan fingerprint density at radius 1 is 1.23 bits per heavy atom. The second kappa shape index (κ2) is 6.31. The second-order valence-corrected chi connectivity index (χ2v) is 7.62. The zero-order chi connectivity index (χ0) is 18.3. The molecule has 26 heavy (non-hydrogen) atoms. The molecule has 1 unspecified atom stereocenters. The lowest BCUT2D eigenvalue weighted by atomic mass is 9.86. The van der Waals surface area contributed by atoms with E-state index in [1.807, 2.05) is 12.1 Å². The van der Waals surface area contributed by atoms with Crippen molar-refractivity contribution in [1.82, 2.24) is 0 Å². The van der Waals surface area contributed by atoms with Crippen molar-refractivity contribution in [2.45, 2.75) is 44.6 Å². The molecule has 2 aliphatic rings. The average Bonchev–Trinajstić information content (AvgIpc) is 2.65. The molecule has 4 rings (SSSR count). The Hall–Kier alpha value is -2.56. The van der Waals surface area contributed by atoms with Crippen LogP contribution in [0.2, 0.25) is 0 Å². The highest BCUT2D eigenvalue weighted by atomic mass is 16.5. The molecule has 0 spiro atoms. The number of hydrogen-bond donors (Lipinski definition) is 0. The Morgan fingerprint density at radius 3 is 2.85 bits per heavy atom. The molecule has 0 fully saturated rings. The number of methoxy groups -OCH3 is 1. The van der Waals surface area contributed by atoms with E-state index >= 15 is 0 Å². The number of ether oxygens (including phenoxy) is 3. The first-order valence-corrected chi connectivity index (χ1v) is 8.98. The summed E-state index contributed by atoms with van der Waals surface area (Å²) in [5.41, 5.74) is 3.51. The number of hydrogen-bond acceptors (Lipinski definition) is 5. The van der Waals surface area contributed by atoms with Crippen molar-refractivity contribution < 1.29 is 14.2 Å². The monoisotopic (exact) mass is 353 g/mol. The van der Waals surface area contributed by atoms with Gasteiger partial charge in [0.25, 0.3) is 0 Å². The van der Waals surface area contributed by atoms with Crippen LogP contribution < -0.4 is 14.2 Å². The molecule has 136 valence electrons. The van der Waals surface area contributed by atoms with Crippen LogP contribution in [0, 0.1) is 4.91 Å². The van der Waals surface area contributed by atoms with Gasteiger partial charge in [0.2, 0.25) is 0 Å². The van der Waals surface area contributed by atoms with Gasteiger partial charge in [-0.25, -0.2) is 0 Å². The molecular formula is C21H23NO4. The second-order valence-electron chi connectivity index (χ2n) is 7.62. The van der Waals surface area contributed by atoms with Crippen molar-refractivity contribution in [2.75, 3.05) is 13.7 Å². The van der Waals surface area contributed by atoms with Crippen LogP contribution in [0.25, 0.3) is 0 Å². The van der Waals surface area contributed by atoms with Crippen LogP contribution in [0.1, 0.15) is 42.9 Å². The maximum Gasteiger partial charge on any atom is 0.129 e. The summed E-state index contributed by atoms with van der Waals surface area (Å²) in [6.07, 6.45) is 2.73. The number of fused-ring (bicyclic) bond motifs is 3. The topological polar surface area (TPSA) is 57.1 Å². The smallest absolute Gasteiger partial charge is 0.129 e. The van der Waals surface area contributed by atoms with E-state index in [0.29, 0.717) is 12.3 Å². The number of benzene rings is 2. The summed E-state index contributed by atoms with van der Waals surface area (Å²) in [7, 11) is 1.62. The molecule has 2 heterocycles. The Morgan fingerprint density at radius 2 is 2.08 bits per heavy atom. The van der Waals surface area contributed by atoms with Gasteiger partial charge in [0, 0.05) is 11.5 Å². The lowest BCUT2D eigenvalue weighted by Crippen LogP contribution is -2.33. The molecule has 2 aliphatic heterocycles. The zero-order valence-corrected chi connectivity index (χ0v) is 15.4. The first-order valence-electron chi connectivity index (χ1n) is 8.98. The van der Waals surface area contributed by atoms with Crippen molar-refractivity contribution in [2.24, 2.45) is 5.18 Å². The van der Waals surface area contributed by atoms with E-state index in [9.17, 15) is 4.91 Å². The van der Waals surface area contributed by atoms with E-state index in [2.05, 4.69) is 25.1 Å². The predicted octanol–water partition coefficient (Wildman–Crippen LogP) is 4.92. The molecule has 2 aromatic carbocycles. The third kappa shape index (κ3) is 2.91. The predicted molar refractivity (Wildman–Crippen MR) is 99.9 cm³/mol. The van der Waals surface area contributed by atoms with Gasteiger partial charge >= 0.3 is 0 Å². The van der Waals surface area contributed by atoms with Crippen molar-refractivity contribution in [3.05, 3.63) is 51.9 Å². The van der Waals surface area contributed by atoms with E-state index in [-0.39, 0.29) is 11.5 Å². The van der Waals surface area contributed by atoms with Gasteiger partial charge in [0.05, 0.1) is 13.7 Å². The highest BCUT2D eigenvalue weighted by molar-refractivity contribution is 5.56. The van der Waals surface area contributed by atoms with Crippen LogP contribution in [-0.2, 0) is 12.8 Å². The largest absolute Gasteiger partial charge is 0.497 e. The third-order valence-electron chi connectivity index (χ3n) is 5.33. The molecule has 5 nitrogen and oxygen atoms in total. The van der Waals surface area contributed by atoms with E-state index in [4.69, 9.17) is 14.2 Å². The summed E-state index contributed by atoms with van der Waals surface area (Å²) < 4.78 is 17.6. The molecule has 0 radical (unpaired) electrons. The fourth-order valence-electron chi connectivity index (χ4n) is 3.88. The molecule has 5 heteroatoms. The maximum atomic E-state index is 11.2. The average molecular weight is 353 g/mol. The van der Waals surface area contributed by atoms with Crippen LogP contribution >= 0.6 is 0 Å². The van der Waals surface area contributed by atoms with Gasteiger partial charge in [0.1, 0.15) is 28.5 Å². The lowest BCUT2D eigenvalue weighted by molar-refractivity contribution is 0.0827. The minimum atomic E-state index is -0.135. The summed E-state index contributed by atoms with van der Waals surface area (Å²) >= 11 is 0. The number of nitrogens with zero attached hydrogens (tertiary/aromatic N) is 1. The number of nitroso groups, excluding NO2 is 1. The van der Waals surface area contributed by atoms with Crippen molar-refractivity contribution in [3.63, 3.8) is 0 Å². The minimum absolute atomic E-state index is 0.0734. The summed E-state index contributed by atoms with van der Waals surface area (Å²) in [5, 5.41) is 3.18. The van der Waals surface area contributed by atoms with E-state index < -0.39 is 0 Å². The first-order chi connectivity index (χ1) is 12.5. The fourth-order valence-corrected chi connectivity index (χ4v) is 3.88. The van der Waals surface area contributed by atoms with E-state index in [1.165, 1.54) is 5.56 Å². The van der Waals surface area contributed by atoms with Crippen LogP contribution in [0.5, 0.6) is 17.2 Å². The Bertz CT molecular complexity index is 859. The normalized spacial score (nSPS) is 20.2. The molecule has 0 bridgehead atoms. The molecule has 2 aromatic rings. The Labute approximate surface area is 153 Å². The highest BCUT2D eigenvalue weighted by Crippen LogP contribution is 2.45. The Kier molecular flexibility index (Phi) is 4.10. The Balaban J connectivity index is 1.67. The lowest BCUT2D eigenvalue weighted by Gasteiger charge is -2.35. The maximum absolute atomic E-state index is 11.2. The van der Waals surface area contributed by atoms with Crippen LogP contribution in [0.4, 0.5) is 5.69 Å². The van der Waals surface area contributed by atoms with Crippen molar-refractivity contribution in [1.29, 1.82) is 0 Å². The molecule has 0 amide bonds. The summed E-state index contributed by atoms with van der Waals surface area (Å²) in [6.45, 7) is 4.74. The zero-order valence-electron chi connectivity index (χ0n) is 15.4. The SMILES string of the molecule is COc1ccc(N=O)c(C2COc3c(ccc4c3CCC(C)(C)O4)C2)c1. The third-order valence-corrected chi connectivity index (χ3v) is 5.33. The van der Waals surface area contributed by atoms with Gasteiger partial charge in [-0.3, -0.25) is 0 Å². The van der Waals surface area contributed by atoms with Gasteiger partial charge in [-0.05, 0) is 73.7 Å². The molecule has 0 aliphatic carbocycles. The fraction of sp³-hybridized carbons (Fsp3) is 0.429. The molecule has 0 saturated carbocycles. The standard InChI is InChI=1S/C21H23NO4/c1-21(2)9-8-16-19(26-21)7-4-13-10-14(12-25-20(13)16)17-11-15(24-3)5-6-18(17)22-23/h4-7,11,14H,8-10,12H2,1-3H3. The van der Waals surface area contributed by atoms with Gasteiger partial charge in [-0.1, -0.05) is 6.07 Å². The summed E-state index contributed by atoms with van der Waals surface area (Å²) in [4.78, 5) is 11.2. The van der Waals surface area contributed by atoms with Gasteiger partial charge < -0.3 is 14.2 Å². The van der Waals surface area contributed by atoms with Crippen LogP contribution in [0.3, 0.4) is 0 Å². The van der Waals surface area contributed by atoms with Crippen molar-refractivity contribution in [3.8, 4) is 17.2 Å². The number of rotatable bonds is 3. The van der Waals surface area contributed by atoms with E-state index in [1.54, 1.807) is 19.2 Å². The minimum Gasteiger partial charge on any atom is -0.497 e. The molecule has 0 N–H and O–H groups in total. The first kappa shape index (κ1) is 16.9. The summed E-state index contributed by atoms with van der Waals surface area (Å²) in [6, 6.07) is 9.48. The highest BCUT2D eigenvalue weighted by Gasteiger charge is 2.32. The molecule has 1 atom stereocenters. The van der Waals surface area contributed by atoms with E-state index in [0.717, 1.165) is 47.6 Å². The molecule has 0 aromatic heterocycles. The molecular weight excluding hydrogens is 330 g/mol. The summed E-state index contributed by atoms with van der Waals surface area (Å²) in [5.74, 6) is 2.68. The van der Waals surface area contributed by atoms with Gasteiger partial charge in [-0.15, -0.1) is 4.91 Å².